The van der Waals surface area contributed by atoms with Crippen LogP contribution in [0.25, 0.3) is 0 Å². The fourth-order valence-corrected chi connectivity index (χ4v) is 6.48. The van der Waals surface area contributed by atoms with Crippen LogP contribution in [-0.4, -0.2) is 65.1 Å². The molecule has 0 amide bonds. The molecule has 1 N–H and O–H groups in total. The second-order valence-electron chi connectivity index (χ2n) is 8.76. The number of aromatic nitrogens is 1. The molecule has 4 heterocycles. The summed E-state index contributed by atoms with van der Waals surface area (Å²) in [6.07, 6.45) is -0.916. The van der Waals surface area contributed by atoms with Crippen LogP contribution in [0.2, 0.25) is 0 Å². The van der Waals surface area contributed by atoms with E-state index in [-0.39, 0.29) is 11.4 Å². The van der Waals surface area contributed by atoms with Gasteiger partial charge in [0, 0.05) is 37.0 Å². The third-order valence-electron chi connectivity index (χ3n) is 5.89. The van der Waals surface area contributed by atoms with E-state index in [1.165, 1.54) is 15.6 Å². The molecular formula is C23H24F3N3O6S2. The van der Waals surface area contributed by atoms with Gasteiger partial charge in [0.1, 0.15) is 16.2 Å². The van der Waals surface area contributed by atoms with Crippen molar-refractivity contribution < 1.29 is 40.6 Å². The second kappa shape index (κ2) is 10.4. The zero-order chi connectivity index (χ0) is 26.8. The number of halogens is 3. The van der Waals surface area contributed by atoms with Gasteiger partial charge in [0.05, 0.1) is 36.3 Å². The Morgan fingerprint density at radius 2 is 1.95 bits per heavy atom. The topological polar surface area (TPSA) is 113 Å². The Morgan fingerprint density at radius 1 is 1.22 bits per heavy atom. The molecule has 2 aliphatic rings. The van der Waals surface area contributed by atoms with Crippen LogP contribution in [0.1, 0.15) is 22.7 Å². The van der Waals surface area contributed by atoms with E-state index in [0.717, 1.165) is 35.8 Å². The lowest BCUT2D eigenvalue weighted by Gasteiger charge is -2.32. The van der Waals surface area contributed by atoms with Crippen molar-refractivity contribution in [2.75, 3.05) is 19.6 Å². The van der Waals surface area contributed by atoms with Crippen molar-refractivity contribution in [2.24, 2.45) is 0 Å². The molecule has 1 atom stereocenters. The number of alkyl halides is 3. The van der Waals surface area contributed by atoms with Gasteiger partial charge >= 0.3 is 12.1 Å². The molecular weight excluding hydrogens is 535 g/mol. The van der Waals surface area contributed by atoms with Gasteiger partial charge in [0.2, 0.25) is 10.0 Å². The molecule has 14 heteroatoms. The molecule has 200 valence electrons. The van der Waals surface area contributed by atoms with Crippen molar-refractivity contribution in [3.05, 3.63) is 64.5 Å². The highest BCUT2D eigenvalue weighted by molar-refractivity contribution is 7.89. The molecule has 0 bridgehead atoms. The number of carboxylic acids is 1. The predicted molar refractivity (Wildman–Crippen MR) is 127 cm³/mol. The highest BCUT2D eigenvalue weighted by Crippen LogP contribution is 2.39. The van der Waals surface area contributed by atoms with Gasteiger partial charge in [-0.2, -0.15) is 17.5 Å². The van der Waals surface area contributed by atoms with Crippen molar-refractivity contribution in [3.63, 3.8) is 0 Å². The molecule has 9 nitrogen and oxygen atoms in total. The number of rotatable bonds is 4. The number of fused-ring (bicyclic) bond motifs is 1. The Hall–Kier alpha value is -2.94. The van der Waals surface area contributed by atoms with Crippen LogP contribution in [0.15, 0.2) is 57.6 Å². The maximum absolute atomic E-state index is 13.5. The molecule has 0 saturated carbocycles. The fourth-order valence-electron chi connectivity index (χ4n) is 4.28. The minimum absolute atomic E-state index is 0.224. The number of para-hydroxylation sites is 1. The maximum Gasteiger partial charge on any atom is 0.490 e. The van der Waals surface area contributed by atoms with Crippen LogP contribution < -0.4 is 4.74 Å². The number of likely N-dealkylation sites (tertiary alicyclic amines) is 1. The van der Waals surface area contributed by atoms with Crippen LogP contribution in [0.5, 0.6) is 5.75 Å². The molecule has 1 saturated heterocycles. The molecule has 2 aromatic heterocycles. The lowest BCUT2D eigenvalue weighted by Crippen LogP contribution is -2.48. The van der Waals surface area contributed by atoms with E-state index in [1.54, 1.807) is 30.7 Å². The van der Waals surface area contributed by atoms with Gasteiger partial charge in [-0.3, -0.25) is 4.90 Å². The standard InChI is InChI=1S/C21H23N3O4S2.C2HF3O2/c1-16-22-18(13-29-16)11-24-15-21(7-8-23(14-21)10-17-6-9-27-12-17)28-19-4-2-3-5-20(19)30(24,25)26;3-2(4,5)1(6)7/h2-6,9,12-13H,7-8,10-11,14-15H2,1H3;(H,6,7). The van der Waals surface area contributed by atoms with Gasteiger partial charge in [-0.1, -0.05) is 12.1 Å². The Balaban J connectivity index is 0.000000405. The van der Waals surface area contributed by atoms with Gasteiger partial charge in [-0.25, -0.2) is 18.2 Å². The largest absolute Gasteiger partial charge is 0.490 e. The summed E-state index contributed by atoms with van der Waals surface area (Å²) in [4.78, 5) is 15.9. The molecule has 37 heavy (non-hydrogen) atoms. The number of aliphatic carboxylic acids is 1. The Labute approximate surface area is 215 Å². The number of carboxylic acid groups (broad SMARTS) is 1. The molecule has 1 fully saturated rings. The van der Waals surface area contributed by atoms with Crippen molar-refractivity contribution in [2.45, 2.75) is 43.1 Å². The van der Waals surface area contributed by atoms with Gasteiger partial charge in [-0.15, -0.1) is 11.3 Å². The molecule has 1 aromatic carbocycles. The quantitative estimate of drug-likeness (QED) is 0.512. The summed E-state index contributed by atoms with van der Waals surface area (Å²) in [7, 11) is -3.70. The third kappa shape index (κ3) is 6.32. The Bertz CT molecular complexity index is 1340. The molecule has 0 radical (unpaired) electrons. The van der Waals surface area contributed by atoms with Crippen LogP contribution in [-0.2, 0) is 27.9 Å². The zero-order valence-electron chi connectivity index (χ0n) is 19.6. The molecule has 2 aliphatic heterocycles. The average Bonchev–Trinajstić information content (AvgIpc) is 3.55. The summed E-state index contributed by atoms with van der Waals surface area (Å²) in [6, 6.07) is 8.89. The summed E-state index contributed by atoms with van der Waals surface area (Å²) >= 11 is 1.53. The number of hydrogen-bond acceptors (Lipinski definition) is 8. The zero-order valence-corrected chi connectivity index (χ0v) is 21.3. The molecule has 3 aromatic rings. The van der Waals surface area contributed by atoms with E-state index in [9.17, 15) is 21.6 Å². The fraction of sp³-hybridized carbons (Fsp3) is 0.391. The average molecular weight is 560 g/mol. The number of sulfonamides is 1. The van der Waals surface area contributed by atoms with E-state index in [1.807, 2.05) is 24.4 Å². The number of nitrogens with zero attached hydrogens (tertiary/aromatic N) is 3. The summed E-state index contributed by atoms with van der Waals surface area (Å²) in [5.41, 5.74) is 1.27. The molecule has 0 aliphatic carbocycles. The van der Waals surface area contributed by atoms with Crippen LogP contribution >= 0.6 is 11.3 Å². The number of aryl methyl sites for hydroxylation is 1. The van der Waals surface area contributed by atoms with Crippen LogP contribution in [0.3, 0.4) is 0 Å². The van der Waals surface area contributed by atoms with E-state index in [2.05, 4.69) is 9.88 Å². The van der Waals surface area contributed by atoms with Crippen LogP contribution in [0, 0.1) is 6.92 Å². The number of hydrogen-bond donors (Lipinski definition) is 1. The van der Waals surface area contributed by atoms with Crippen LogP contribution in [0.4, 0.5) is 13.2 Å². The van der Waals surface area contributed by atoms with Crippen molar-refractivity contribution in [1.29, 1.82) is 0 Å². The van der Waals surface area contributed by atoms with Gasteiger partial charge in [-0.05, 0) is 25.1 Å². The highest BCUT2D eigenvalue weighted by atomic mass is 32.2. The second-order valence-corrected chi connectivity index (χ2v) is 11.7. The van der Waals surface area contributed by atoms with Crippen molar-refractivity contribution in [3.8, 4) is 5.75 Å². The number of furan rings is 1. The summed E-state index contributed by atoms with van der Waals surface area (Å²) < 4.78 is 71.9. The van der Waals surface area contributed by atoms with E-state index in [4.69, 9.17) is 19.1 Å². The first kappa shape index (κ1) is 27.1. The molecule has 5 rings (SSSR count). The lowest BCUT2D eigenvalue weighted by molar-refractivity contribution is -0.192. The number of ether oxygens (including phenoxy) is 1. The monoisotopic (exact) mass is 559 g/mol. The number of thiazole rings is 1. The summed E-state index contributed by atoms with van der Waals surface area (Å²) in [5.74, 6) is -2.33. The van der Waals surface area contributed by atoms with Crippen molar-refractivity contribution in [1.82, 2.24) is 14.2 Å². The minimum Gasteiger partial charge on any atom is -0.483 e. The molecule has 1 spiro atoms. The third-order valence-corrected chi connectivity index (χ3v) is 8.54. The smallest absolute Gasteiger partial charge is 0.483 e. The van der Waals surface area contributed by atoms with E-state index < -0.39 is 27.8 Å². The summed E-state index contributed by atoms with van der Waals surface area (Å²) in [5, 5.41) is 9.98. The Morgan fingerprint density at radius 3 is 2.57 bits per heavy atom. The molecule has 1 unspecified atom stereocenters. The van der Waals surface area contributed by atoms with Gasteiger partial charge < -0.3 is 14.3 Å². The minimum atomic E-state index is -5.08. The SMILES string of the molecule is Cc1nc(CN2CC3(CCN(Cc4ccoc4)C3)Oc3ccccc3S2(=O)=O)cs1.O=C(O)C(F)(F)F. The number of benzene rings is 1. The highest BCUT2D eigenvalue weighted by Gasteiger charge is 2.47. The maximum atomic E-state index is 13.5. The van der Waals surface area contributed by atoms with Crippen molar-refractivity contribution >= 4 is 27.3 Å². The number of carbonyl (C=O) groups is 1. The van der Waals surface area contributed by atoms with E-state index in [0.29, 0.717) is 18.8 Å². The van der Waals surface area contributed by atoms with Gasteiger partial charge in [0.15, 0.2) is 0 Å². The first-order chi connectivity index (χ1) is 17.4. The van der Waals surface area contributed by atoms with E-state index >= 15 is 0 Å². The lowest BCUT2D eigenvalue weighted by atomic mass is 10.0. The summed E-state index contributed by atoms with van der Waals surface area (Å²) in [6.45, 7) is 4.69. The first-order valence-electron chi connectivity index (χ1n) is 11.1. The van der Waals surface area contributed by atoms with Gasteiger partial charge in [0.25, 0.3) is 0 Å². The predicted octanol–water partition coefficient (Wildman–Crippen LogP) is 3.91. The normalized spacial score (nSPS) is 21.5. The Kier molecular flexibility index (Phi) is 7.65. The first-order valence-corrected chi connectivity index (χ1v) is 13.4.